The SMILES string of the molecule is CC(=O)OC1C[C@@H](C(C)C)CCC1C. The van der Waals surface area contributed by atoms with E-state index in [0.717, 1.165) is 12.3 Å². The number of carbonyl (C=O) groups excluding carboxylic acids is 1. The summed E-state index contributed by atoms with van der Waals surface area (Å²) in [6.07, 6.45) is 3.70. The van der Waals surface area contributed by atoms with E-state index in [2.05, 4.69) is 20.8 Å². The maximum Gasteiger partial charge on any atom is 0.302 e. The van der Waals surface area contributed by atoms with Gasteiger partial charge in [-0.25, -0.2) is 0 Å². The fraction of sp³-hybridized carbons (Fsp3) is 0.917. The van der Waals surface area contributed by atoms with E-state index in [1.165, 1.54) is 19.8 Å². The van der Waals surface area contributed by atoms with E-state index in [9.17, 15) is 4.79 Å². The summed E-state index contributed by atoms with van der Waals surface area (Å²) < 4.78 is 5.34. The van der Waals surface area contributed by atoms with Crippen molar-refractivity contribution in [2.45, 2.75) is 53.1 Å². The number of esters is 1. The van der Waals surface area contributed by atoms with Crippen molar-refractivity contribution >= 4 is 5.97 Å². The fourth-order valence-corrected chi connectivity index (χ4v) is 2.29. The molecule has 14 heavy (non-hydrogen) atoms. The van der Waals surface area contributed by atoms with Crippen molar-refractivity contribution in [1.29, 1.82) is 0 Å². The van der Waals surface area contributed by atoms with Crippen molar-refractivity contribution in [3.05, 3.63) is 0 Å². The van der Waals surface area contributed by atoms with Gasteiger partial charge >= 0.3 is 5.97 Å². The summed E-state index contributed by atoms with van der Waals surface area (Å²) in [6, 6.07) is 0. The first kappa shape index (κ1) is 11.5. The second-order valence-electron chi connectivity index (χ2n) is 4.94. The van der Waals surface area contributed by atoms with E-state index in [1.807, 2.05) is 0 Å². The second-order valence-corrected chi connectivity index (χ2v) is 4.94. The van der Waals surface area contributed by atoms with Crippen molar-refractivity contribution in [1.82, 2.24) is 0 Å². The molecule has 0 amide bonds. The first-order chi connectivity index (χ1) is 6.50. The largest absolute Gasteiger partial charge is 0.462 e. The van der Waals surface area contributed by atoms with Crippen LogP contribution in [0.25, 0.3) is 0 Å². The van der Waals surface area contributed by atoms with Crippen LogP contribution >= 0.6 is 0 Å². The monoisotopic (exact) mass is 198 g/mol. The number of ether oxygens (including phenoxy) is 1. The molecule has 2 heteroatoms. The van der Waals surface area contributed by atoms with Gasteiger partial charge in [0.05, 0.1) is 0 Å². The van der Waals surface area contributed by atoms with E-state index < -0.39 is 0 Å². The van der Waals surface area contributed by atoms with Crippen LogP contribution in [0.15, 0.2) is 0 Å². The van der Waals surface area contributed by atoms with Crippen LogP contribution in [0.1, 0.15) is 47.0 Å². The zero-order chi connectivity index (χ0) is 10.7. The van der Waals surface area contributed by atoms with Gasteiger partial charge in [0, 0.05) is 6.92 Å². The zero-order valence-electron chi connectivity index (χ0n) is 9.75. The number of rotatable bonds is 2. The first-order valence-corrected chi connectivity index (χ1v) is 5.68. The summed E-state index contributed by atoms with van der Waals surface area (Å²) in [5.74, 6) is 1.84. The standard InChI is InChI=1S/C12H22O2/c1-8(2)11-6-5-9(3)12(7-11)14-10(4)13/h8-9,11-12H,5-7H2,1-4H3/t9?,11-,12?/m0/s1. The average Bonchev–Trinajstić information content (AvgIpc) is 2.07. The van der Waals surface area contributed by atoms with Crippen LogP contribution in [0, 0.1) is 17.8 Å². The third-order valence-electron chi connectivity index (χ3n) is 3.42. The summed E-state index contributed by atoms with van der Waals surface area (Å²) >= 11 is 0. The van der Waals surface area contributed by atoms with Crippen LogP contribution in [0.3, 0.4) is 0 Å². The van der Waals surface area contributed by atoms with Gasteiger partial charge < -0.3 is 4.74 Å². The Hall–Kier alpha value is -0.530. The molecule has 1 aliphatic carbocycles. The van der Waals surface area contributed by atoms with Gasteiger partial charge in [0.25, 0.3) is 0 Å². The molecule has 0 aromatic rings. The lowest BCUT2D eigenvalue weighted by Crippen LogP contribution is -2.33. The number of carbonyl (C=O) groups is 1. The Morgan fingerprint density at radius 3 is 2.50 bits per heavy atom. The molecule has 0 aromatic heterocycles. The van der Waals surface area contributed by atoms with Gasteiger partial charge in [-0.2, -0.15) is 0 Å². The lowest BCUT2D eigenvalue weighted by molar-refractivity contribution is -0.151. The molecule has 0 spiro atoms. The minimum Gasteiger partial charge on any atom is -0.462 e. The van der Waals surface area contributed by atoms with Crippen molar-refractivity contribution in [3.8, 4) is 0 Å². The van der Waals surface area contributed by atoms with Crippen LogP contribution < -0.4 is 0 Å². The molecule has 82 valence electrons. The minimum atomic E-state index is -0.133. The Morgan fingerprint density at radius 1 is 1.36 bits per heavy atom. The summed E-state index contributed by atoms with van der Waals surface area (Å²) in [6.45, 7) is 8.20. The van der Waals surface area contributed by atoms with Crippen molar-refractivity contribution in [2.24, 2.45) is 17.8 Å². The van der Waals surface area contributed by atoms with E-state index in [4.69, 9.17) is 4.74 Å². The second kappa shape index (κ2) is 4.81. The molecule has 0 aliphatic heterocycles. The van der Waals surface area contributed by atoms with Gasteiger partial charge in [-0.3, -0.25) is 4.79 Å². The Labute approximate surface area is 87.0 Å². The molecule has 1 saturated carbocycles. The van der Waals surface area contributed by atoms with Crippen molar-refractivity contribution in [3.63, 3.8) is 0 Å². The van der Waals surface area contributed by atoms with Crippen LogP contribution in [0.4, 0.5) is 0 Å². The molecule has 0 bridgehead atoms. The average molecular weight is 198 g/mol. The lowest BCUT2D eigenvalue weighted by atomic mass is 9.76. The molecular formula is C12H22O2. The Morgan fingerprint density at radius 2 is 2.00 bits per heavy atom. The predicted molar refractivity (Wildman–Crippen MR) is 56.9 cm³/mol. The zero-order valence-corrected chi connectivity index (χ0v) is 9.75. The van der Waals surface area contributed by atoms with E-state index in [1.54, 1.807) is 0 Å². The highest BCUT2D eigenvalue weighted by molar-refractivity contribution is 5.66. The summed E-state index contributed by atoms with van der Waals surface area (Å²) in [4.78, 5) is 10.9. The van der Waals surface area contributed by atoms with Gasteiger partial charge in [0.15, 0.2) is 0 Å². The quantitative estimate of drug-likeness (QED) is 0.637. The molecule has 0 saturated heterocycles. The molecule has 0 heterocycles. The van der Waals surface area contributed by atoms with Gasteiger partial charge in [-0.15, -0.1) is 0 Å². The van der Waals surface area contributed by atoms with Crippen LogP contribution in [-0.4, -0.2) is 12.1 Å². The summed E-state index contributed by atoms with van der Waals surface area (Å²) in [7, 11) is 0. The molecule has 3 atom stereocenters. The van der Waals surface area contributed by atoms with Gasteiger partial charge in [-0.05, 0) is 37.0 Å². The predicted octanol–water partition coefficient (Wildman–Crippen LogP) is 3.01. The lowest BCUT2D eigenvalue weighted by Gasteiger charge is -2.35. The highest BCUT2D eigenvalue weighted by atomic mass is 16.5. The van der Waals surface area contributed by atoms with Crippen molar-refractivity contribution in [2.75, 3.05) is 0 Å². The van der Waals surface area contributed by atoms with Gasteiger partial charge in [-0.1, -0.05) is 20.8 Å². The van der Waals surface area contributed by atoms with Crippen LogP contribution in [-0.2, 0) is 9.53 Å². The van der Waals surface area contributed by atoms with E-state index in [0.29, 0.717) is 11.8 Å². The van der Waals surface area contributed by atoms with E-state index in [-0.39, 0.29) is 12.1 Å². The Balaban J connectivity index is 2.50. The summed E-state index contributed by atoms with van der Waals surface area (Å²) in [5.41, 5.74) is 0. The number of hydrogen-bond donors (Lipinski definition) is 0. The first-order valence-electron chi connectivity index (χ1n) is 5.68. The maximum atomic E-state index is 10.9. The van der Waals surface area contributed by atoms with Crippen LogP contribution in [0.5, 0.6) is 0 Å². The molecule has 2 unspecified atom stereocenters. The van der Waals surface area contributed by atoms with Gasteiger partial charge in [0.1, 0.15) is 6.10 Å². The molecule has 0 N–H and O–H groups in total. The summed E-state index contributed by atoms with van der Waals surface area (Å²) in [5, 5.41) is 0. The molecule has 1 aliphatic rings. The topological polar surface area (TPSA) is 26.3 Å². The van der Waals surface area contributed by atoms with Gasteiger partial charge in [0.2, 0.25) is 0 Å². The third-order valence-corrected chi connectivity index (χ3v) is 3.42. The Bertz CT molecular complexity index is 198. The number of hydrogen-bond acceptors (Lipinski definition) is 2. The smallest absolute Gasteiger partial charge is 0.302 e. The molecule has 1 rings (SSSR count). The highest BCUT2D eigenvalue weighted by Gasteiger charge is 2.30. The molecule has 2 nitrogen and oxygen atoms in total. The highest BCUT2D eigenvalue weighted by Crippen LogP contribution is 2.34. The van der Waals surface area contributed by atoms with Crippen LogP contribution in [0.2, 0.25) is 0 Å². The van der Waals surface area contributed by atoms with Crippen molar-refractivity contribution < 1.29 is 9.53 Å². The maximum absolute atomic E-state index is 10.9. The Kier molecular flexibility index (Phi) is 3.97. The molecular weight excluding hydrogens is 176 g/mol. The normalized spacial score (nSPS) is 33.1. The molecule has 1 fully saturated rings. The molecule has 0 aromatic carbocycles. The minimum absolute atomic E-state index is 0.133. The van der Waals surface area contributed by atoms with E-state index >= 15 is 0 Å². The molecule has 0 radical (unpaired) electrons. The third kappa shape index (κ3) is 3.00. The fourth-order valence-electron chi connectivity index (χ4n) is 2.29.